The summed E-state index contributed by atoms with van der Waals surface area (Å²) in [5.41, 5.74) is 1.33. The molecule has 0 spiro atoms. The molecule has 6 nitrogen and oxygen atoms in total. The van der Waals surface area contributed by atoms with Gasteiger partial charge in [0.25, 0.3) is 5.91 Å². The summed E-state index contributed by atoms with van der Waals surface area (Å²) in [5.74, 6) is -0.0532. The Balaban J connectivity index is 1.59. The Morgan fingerprint density at radius 1 is 1.07 bits per heavy atom. The molecule has 152 valence electrons. The number of hydrogen-bond donors (Lipinski definition) is 1. The van der Waals surface area contributed by atoms with Crippen LogP contribution in [0.15, 0.2) is 42.5 Å². The molecule has 1 fully saturated rings. The van der Waals surface area contributed by atoms with Crippen LogP contribution in [0.2, 0.25) is 0 Å². The van der Waals surface area contributed by atoms with Crippen molar-refractivity contribution >= 4 is 11.8 Å². The zero-order valence-corrected chi connectivity index (χ0v) is 16.4. The van der Waals surface area contributed by atoms with E-state index in [-0.39, 0.29) is 36.4 Å². The van der Waals surface area contributed by atoms with E-state index in [1.807, 2.05) is 13.8 Å². The predicted molar refractivity (Wildman–Crippen MR) is 104 cm³/mol. The fourth-order valence-electron chi connectivity index (χ4n) is 3.89. The number of carbonyl (C=O) groups excluding carboxylic acids is 2. The summed E-state index contributed by atoms with van der Waals surface area (Å²) in [6.45, 7) is 4.62. The summed E-state index contributed by atoms with van der Waals surface area (Å²) in [5, 5.41) is 2.94. The van der Waals surface area contributed by atoms with Crippen molar-refractivity contribution in [1.82, 2.24) is 10.2 Å². The van der Waals surface area contributed by atoms with E-state index in [0.29, 0.717) is 30.2 Å². The number of carbonyl (C=O) groups is 2. The van der Waals surface area contributed by atoms with E-state index < -0.39 is 5.92 Å². The van der Waals surface area contributed by atoms with Gasteiger partial charge in [0.2, 0.25) is 12.7 Å². The third kappa shape index (κ3) is 3.90. The van der Waals surface area contributed by atoms with Crippen molar-refractivity contribution in [3.63, 3.8) is 0 Å². The number of halogens is 1. The van der Waals surface area contributed by atoms with Crippen LogP contribution < -0.4 is 14.8 Å². The van der Waals surface area contributed by atoms with E-state index in [9.17, 15) is 14.0 Å². The number of benzene rings is 2. The topological polar surface area (TPSA) is 67.9 Å². The SMILES string of the molecule is CC(C)NC(=O)C1CN(C(=O)c2ccc3c(c2)OCO3)CC1c1ccc(F)cc1. The molecular weight excluding hydrogens is 375 g/mol. The average Bonchev–Trinajstić information content (AvgIpc) is 3.34. The Labute approximate surface area is 168 Å². The highest BCUT2D eigenvalue weighted by atomic mass is 19.1. The highest BCUT2D eigenvalue weighted by Gasteiger charge is 2.40. The van der Waals surface area contributed by atoms with Crippen molar-refractivity contribution in [2.75, 3.05) is 19.9 Å². The summed E-state index contributed by atoms with van der Waals surface area (Å²) in [6, 6.07) is 11.2. The smallest absolute Gasteiger partial charge is 0.254 e. The molecule has 2 aliphatic rings. The van der Waals surface area contributed by atoms with Gasteiger partial charge in [0.1, 0.15) is 5.82 Å². The minimum Gasteiger partial charge on any atom is -0.454 e. The van der Waals surface area contributed by atoms with E-state index in [2.05, 4.69) is 5.32 Å². The quantitative estimate of drug-likeness (QED) is 0.860. The number of ether oxygens (including phenoxy) is 2. The number of nitrogens with zero attached hydrogens (tertiary/aromatic N) is 1. The van der Waals surface area contributed by atoms with Gasteiger partial charge in [0, 0.05) is 30.6 Å². The molecule has 2 atom stereocenters. The summed E-state index contributed by atoms with van der Waals surface area (Å²) >= 11 is 0. The van der Waals surface area contributed by atoms with Crippen LogP contribution in [0.25, 0.3) is 0 Å². The number of likely N-dealkylation sites (tertiary alicyclic amines) is 1. The van der Waals surface area contributed by atoms with Crippen molar-refractivity contribution in [2.24, 2.45) is 5.92 Å². The summed E-state index contributed by atoms with van der Waals surface area (Å²) in [6.07, 6.45) is 0. The maximum atomic E-state index is 13.4. The molecule has 0 aliphatic carbocycles. The minimum atomic E-state index is -0.402. The zero-order valence-electron chi connectivity index (χ0n) is 16.4. The van der Waals surface area contributed by atoms with E-state index in [1.165, 1.54) is 12.1 Å². The Morgan fingerprint density at radius 3 is 2.52 bits per heavy atom. The van der Waals surface area contributed by atoms with Gasteiger partial charge in [-0.05, 0) is 49.7 Å². The van der Waals surface area contributed by atoms with Crippen molar-refractivity contribution in [3.05, 3.63) is 59.4 Å². The Hall–Kier alpha value is -3.09. The van der Waals surface area contributed by atoms with Crippen molar-refractivity contribution in [2.45, 2.75) is 25.8 Å². The molecule has 1 N–H and O–H groups in total. The number of amides is 2. The van der Waals surface area contributed by atoms with E-state index in [0.717, 1.165) is 5.56 Å². The van der Waals surface area contributed by atoms with Crippen LogP contribution >= 0.6 is 0 Å². The maximum Gasteiger partial charge on any atom is 0.254 e. The van der Waals surface area contributed by atoms with E-state index in [1.54, 1.807) is 35.2 Å². The fourth-order valence-corrected chi connectivity index (χ4v) is 3.89. The van der Waals surface area contributed by atoms with E-state index >= 15 is 0 Å². The summed E-state index contributed by atoms with van der Waals surface area (Å²) in [4.78, 5) is 27.6. The average molecular weight is 398 g/mol. The highest BCUT2D eigenvalue weighted by Crippen LogP contribution is 2.36. The molecule has 2 unspecified atom stereocenters. The second kappa shape index (κ2) is 7.73. The molecule has 7 heteroatoms. The van der Waals surface area contributed by atoms with Crippen LogP contribution in [-0.2, 0) is 4.79 Å². The molecule has 0 saturated carbocycles. The first kappa shape index (κ1) is 19.2. The lowest BCUT2D eigenvalue weighted by Crippen LogP contribution is -2.39. The van der Waals surface area contributed by atoms with Crippen LogP contribution in [0.3, 0.4) is 0 Å². The minimum absolute atomic E-state index is 0.00465. The van der Waals surface area contributed by atoms with Gasteiger partial charge in [-0.2, -0.15) is 0 Å². The van der Waals surface area contributed by atoms with Crippen molar-refractivity contribution in [3.8, 4) is 11.5 Å². The Kier molecular flexibility index (Phi) is 5.13. The predicted octanol–water partition coefficient (Wildman–Crippen LogP) is 2.93. The van der Waals surface area contributed by atoms with Crippen LogP contribution in [-0.4, -0.2) is 42.6 Å². The Bertz CT molecular complexity index is 929. The second-order valence-electron chi connectivity index (χ2n) is 7.71. The number of fused-ring (bicyclic) bond motifs is 1. The molecular formula is C22H23FN2O4. The molecule has 2 heterocycles. The van der Waals surface area contributed by atoms with E-state index in [4.69, 9.17) is 9.47 Å². The van der Waals surface area contributed by atoms with Crippen molar-refractivity contribution < 1.29 is 23.5 Å². The number of nitrogens with one attached hydrogen (secondary N) is 1. The van der Waals surface area contributed by atoms with Gasteiger partial charge >= 0.3 is 0 Å². The molecule has 4 rings (SSSR count). The zero-order chi connectivity index (χ0) is 20.5. The largest absolute Gasteiger partial charge is 0.454 e. The third-order valence-electron chi connectivity index (χ3n) is 5.29. The standard InChI is InChI=1S/C22H23FN2O4/c1-13(2)24-21(26)18-11-25(10-17(18)14-3-6-16(23)7-4-14)22(27)15-5-8-19-20(9-15)29-12-28-19/h3-9,13,17-18H,10-12H2,1-2H3,(H,24,26). The maximum absolute atomic E-state index is 13.4. The van der Waals surface area contributed by atoms with Crippen LogP contribution in [0.4, 0.5) is 4.39 Å². The molecule has 1 saturated heterocycles. The van der Waals surface area contributed by atoms with Crippen LogP contribution in [0, 0.1) is 11.7 Å². The van der Waals surface area contributed by atoms with Gasteiger partial charge in [0.05, 0.1) is 5.92 Å². The first-order valence-electron chi connectivity index (χ1n) is 9.67. The number of rotatable bonds is 4. The van der Waals surface area contributed by atoms with Crippen LogP contribution in [0.1, 0.15) is 35.7 Å². The fraction of sp³-hybridized carbons (Fsp3) is 0.364. The van der Waals surface area contributed by atoms with Gasteiger partial charge in [-0.15, -0.1) is 0 Å². The van der Waals surface area contributed by atoms with Gasteiger partial charge in [-0.25, -0.2) is 4.39 Å². The molecule has 0 bridgehead atoms. The summed E-state index contributed by atoms with van der Waals surface area (Å²) < 4.78 is 24.0. The monoisotopic (exact) mass is 398 g/mol. The molecule has 2 amide bonds. The number of hydrogen-bond acceptors (Lipinski definition) is 4. The molecule has 29 heavy (non-hydrogen) atoms. The highest BCUT2D eigenvalue weighted by molar-refractivity contribution is 5.96. The molecule has 2 aromatic rings. The normalized spacial score (nSPS) is 20.2. The van der Waals surface area contributed by atoms with Gasteiger partial charge < -0.3 is 19.7 Å². The second-order valence-corrected chi connectivity index (χ2v) is 7.71. The van der Waals surface area contributed by atoms with Gasteiger partial charge in [-0.1, -0.05) is 12.1 Å². The lowest BCUT2D eigenvalue weighted by atomic mass is 9.88. The first-order valence-corrected chi connectivity index (χ1v) is 9.67. The molecule has 0 aromatic heterocycles. The lowest BCUT2D eigenvalue weighted by Gasteiger charge is -2.19. The Morgan fingerprint density at radius 2 is 1.79 bits per heavy atom. The molecule has 0 radical (unpaired) electrons. The molecule has 2 aliphatic heterocycles. The summed E-state index contributed by atoms with van der Waals surface area (Å²) in [7, 11) is 0. The lowest BCUT2D eigenvalue weighted by molar-refractivity contribution is -0.125. The van der Waals surface area contributed by atoms with Crippen LogP contribution in [0.5, 0.6) is 11.5 Å². The van der Waals surface area contributed by atoms with Crippen molar-refractivity contribution in [1.29, 1.82) is 0 Å². The third-order valence-corrected chi connectivity index (χ3v) is 5.29. The molecule has 2 aromatic carbocycles. The van der Waals surface area contributed by atoms with Gasteiger partial charge in [0.15, 0.2) is 11.5 Å². The van der Waals surface area contributed by atoms with Gasteiger partial charge in [-0.3, -0.25) is 9.59 Å². The first-order chi connectivity index (χ1) is 13.9.